The Hall–Kier alpha value is -3.26. The third-order valence-corrected chi connectivity index (χ3v) is 6.89. The minimum atomic E-state index is -4.74. The molecule has 0 aliphatic carbocycles. The van der Waals surface area contributed by atoms with E-state index in [-0.39, 0.29) is 5.56 Å². The fourth-order valence-electron chi connectivity index (χ4n) is 2.83. The monoisotopic (exact) mass is 475 g/mol. The number of alkyl halides is 3. The minimum absolute atomic E-state index is 0.173. The Balaban J connectivity index is 1.71. The van der Waals surface area contributed by atoms with Crippen LogP contribution >= 0.6 is 0 Å². The predicted molar refractivity (Wildman–Crippen MR) is 118 cm³/mol. The summed E-state index contributed by atoms with van der Waals surface area (Å²) >= 11 is 0. The molecule has 0 radical (unpaired) electrons. The second-order valence-electron chi connectivity index (χ2n) is 7.51. The van der Waals surface area contributed by atoms with Gasteiger partial charge in [-0.05, 0) is 62.4 Å². The zero-order valence-electron chi connectivity index (χ0n) is 18.0. The fourth-order valence-corrected chi connectivity index (χ4v) is 4.91. The lowest BCUT2D eigenvalue weighted by molar-refractivity contribution is -0.258. The number of esters is 2. The van der Waals surface area contributed by atoms with Crippen LogP contribution in [0.1, 0.15) is 24.2 Å². The molecular formula is C25H22F3O4S+. The third-order valence-electron chi connectivity index (χ3n) is 4.66. The van der Waals surface area contributed by atoms with Crippen LogP contribution in [-0.4, -0.2) is 30.3 Å². The first-order valence-corrected chi connectivity index (χ1v) is 11.2. The van der Waals surface area contributed by atoms with E-state index in [2.05, 4.69) is 4.74 Å². The quantitative estimate of drug-likeness (QED) is 0.319. The molecule has 0 fully saturated rings. The molecule has 0 bridgehead atoms. The normalized spacial score (nSPS) is 11.8. The van der Waals surface area contributed by atoms with Crippen molar-refractivity contribution in [3.05, 3.63) is 90.5 Å². The Morgan fingerprint density at radius 3 is 1.67 bits per heavy atom. The zero-order chi connectivity index (χ0) is 24.1. The molecule has 33 heavy (non-hydrogen) atoms. The van der Waals surface area contributed by atoms with Gasteiger partial charge in [-0.3, -0.25) is 0 Å². The van der Waals surface area contributed by atoms with Crippen molar-refractivity contribution in [3.63, 3.8) is 0 Å². The van der Waals surface area contributed by atoms with Gasteiger partial charge in [0.15, 0.2) is 21.3 Å². The molecule has 8 heteroatoms. The van der Waals surface area contributed by atoms with Crippen molar-refractivity contribution in [2.45, 2.75) is 40.3 Å². The van der Waals surface area contributed by atoms with Crippen molar-refractivity contribution in [2.75, 3.05) is 6.61 Å². The van der Waals surface area contributed by atoms with E-state index in [4.69, 9.17) is 4.74 Å². The maximum Gasteiger partial charge on any atom is 0.427 e. The molecule has 0 heterocycles. The van der Waals surface area contributed by atoms with Crippen molar-refractivity contribution in [2.24, 2.45) is 0 Å². The van der Waals surface area contributed by atoms with E-state index in [0.29, 0.717) is 0 Å². The molecule has 172 valence electrons. The number of benzene rings is 3. The van der Waals surface area contributed by atoms with Crippen LogP contribution in [0.25, 0.3) is 0 Å². The van der Waals surface area contributed by atoms with Gasteiger partial charge in [-0.1, -0.05) is 36.4 Å². The first kappa shape index (κ1) is 24.4. The zero-order valence-corrected chi connectivity index (χ0v) is 18.8. The van der Waals surface area contributed by atoms with Crippen LogP contribution in [0.15, 0.2) is 99.6 Å². The summed E-state index contributed by atoms with van der Waals surface area (Å²) in [6, 6.07) is 26.6. The Labute approximate surface area is 192 Å². The number of carbonyl (C=O) groups excluding carboxylic acids is 2. The van der Waals surface area contributed by atoms with Crippen molar-refractivity contribution >= 4 is 22.8 Å². The number of carbonyl (C=O) groups is 2. The summed E-state index contributed by atoms with van der Waals surface area (Å²) < 4.78 is 47.7. The molecule has 0 aliphatic heterocycles. The molecule has 3 aromatic carbocycles. The Bertz CT molecular complexity index is 1040. The summed E-state index contributed by atoms with van der Waals surface area (Å²) in [5.74, 6) is -2.11. The van der Waals surface area contributed by atoms with Gasteiger partial charge < -0.3 is 9.47 Å². The molecule has 0 amide bonds. The second-order valence-corrected chi connectivity index (χ2v) is 9.54. The van der Waals surface area contributed by atoms with Gasteiger partial charge in [0.1, 0.15) is 0 Å². The van der Waals surface area contributed by atoms with Crippen molar-refractivity contribution < 1.29 is 32.2 Å². The molecular weight excluding hydrogens is 453 g/mol. The van der Waals surface area contributed by atoms with E-state index in [1.165, 1.54) is 0 Å². The largest absolute Gasteiger partial charge is 0.450 e. The topological polar surface area (TPSA) is 52.6 Å². The SMILES string of the molecule is CC(C)(OC(=O)COC(=O)c1ccc([S+](c2ccccc2)c2ccccc2)cc1)C(F)(F)F. The van der Waals surface area contributed by atoms with E-state index in [1.807, 2.05) is 60.7 Å². The Morgan fingerprint density at radius 1 is 0.758 bits per heavy atom. The van der Waals surface area contributed by atoms with E-state index in [0.717, 1.165) is 28.5 Å². The molecule has 0 aromatic heterocycles. The van der Waals surface area contributed by atoms with Gasteiger partial charge >= 0.3 is 18.1 Å². The molecule has 3 aromatic rings. The number of halogens is 3. The molecule has 0 spiro atoms. The van der Waals surface area contributed by atoms with Gasteiger partial charge in [0.25, 0.3) is 0 Å². The number of ether oxygens (including phenoxy) is 2. The standard InChI is InChI=1S/C25H22F3O4S/c1-24(2,25(26,27)28)32-22(29)17-31-23(30)18-13-15-21(16-14-18)33(19-9-5-3-6-10-19)20-11-7-4-8-12-20/h3-16H,17H2,1-2H3/q+1. The van der Waals surface area contributed by atoms with Gasteiger partial charge in [-0.25, -0.2) is 9.59 Å². The summed E-state index contributed by atoms with van der Waals surface area (Å²) in [7, 11) is -0.400. The lowest BCUT2D eigenvalue weighted by Crippen LogP contribution is -2.44. The van der Waals surface area contributed by atoms with Crippen LogP contribution in [0.5, 0.6) is 0 Å². The maximum absolute atomic E-state index is 12.8. The van der Waals surface area contributed by atoms with E-state index in [9.17, 15) is 22.8 Å². The summed E-state index contributed by atoms with van der Waals surface area (Å²) in [4.78, 5) is 27.2. The lowest BCUT2D eigenvalue weighted by Gasteiger charge is -2.27. The molecule has 0 saturated carbocycles. The van der Waals surface area contributed by atoms with Crippen molar-refractivity contribution in [1.82, 2.24) is 0 Å². The van der Waals surface area contributed by atoms with Gasteiger partial charge in [0.05, 0.1) is 16.5 Å². The maximum atomic E-state index is 12.8. The number of hydrogen-bond acceptors (Lipinski definition) is 4. The fraction of sp³-hybridized carbons (Fsp3) is 0.200. The Kier molecular flexibility index (Phi) is 7.48. The van der Waals surface area contributed by atoms with E-state index < -0.39 is 41.2 Å². The van der Waals surface area contributed by atoms with Crippen LogP contribution in [0.2, 0.25) is 0 Å². The molecule has 0 unspecified atom stereocenters. The predicted octanol–water partition coefficient (Wildman–Crippen LogP) is 5.82. The highest BCUT2D eigenvalue weighted by atomic mass is 32.2. The summed E-state index contributed by atoms with van der Waals surface area (Å²) in [6.07, 6.45) is -4.74. The summed E-state index contributed by atoms with van der Waals surface area (Å²) in [6.45, 7) is 0.530. The van der Waals surface area contributed by atoms with E-state index in [1.54, 1.807) is 24.3 Å². The summed E-state index contributed by atoms with van der Waals surface area (Å²) in [5.41, 5.74) is -2.51. The average molecular weight is 476 g/mol. The molecule has 4 nitrogen and oxygen atoms in total. The van der Waals surface area contributed by atoms with Gasteiger partial charge in [0.2, 0.25) is 5.60 Å². The van der Waals surface area contributed by atoms with Crippen molar-refractivity contribution in [1.29, 1.82) is 0 Å². The molecule has 0 N–H and O–H groups in total. The molecule has 0 atom stereocenters. The van der Waals surface area contributed by atoms with Crippen LogP contribution in [-0.2, 0) is 25.2 Å². The highest BCUT2D eigenvalue weighted by Gasteiger charge is 2.50. The van der Waals surface area contributed by atoms with Gasteiger partial charge in [-0.2, -0.15) is 13.2 Å². The highest BCUT2D eigenvalue weighted by molar-refractivity contribution is 7.97. The third kappa shape index (κ3) is 6.16. The first-order valence-electron chi connectivity index (χ1n) is 9.98. The number of rotatable bonds is 7. The van der Waals surface area contributed by atoms with Crippen LogP contribution in [0.4, 0.5) is 13.2 Å². The number of hydrogen-bond donors (Lipinski definition) is 0. The molecule has 0 aliphatic rings. The Morgan fingerprint density at radius 2 is 1.21 bits per heavy atom. The first-order chi connectivity index (χ1) is 15.6. The average Bonchev–Trinajstić information content (AvgIpc) is 2.78. The summed E-state index contributed by atoms with van der Waals surface area (Å²) in [5, 5.41) is 0. The molecule has 0 saturated heterocycles. The minimum Gasteiger partial charge on any atom is -0.450 e. The van der Waals surface area contributed by atoms with Crippen LogP contribution < -0.4 is 0 Å². The van der Waals surface area contributed by atoms with E-state index >= 15 is 0 Å². The van der Waals surface area contributed by atoms with Gasteiger partial charge in [-0.15, -0.1) is 0 Å². The second kappa shape index (κ2) is 10.1. The lowest BCUT2D eigenvalue weighted by atomic mass is 10.1. The van der Waals surface area contributed by atoms with Gasteiger partial charge in [0, 0.05) is 0 Å². The smallest absolute Gasteiger partial charge is 0.427 e. The molecule has 3 rings (SSSR count). The van der Waals surface area contributed by atoms with Crippen LogP contribution in [0, 0.1) is 0 Å². The van der Waals surface area contributed by atoms with Crippen molar-refractivity contribution in [3.8, 4) is 0 Å². The van der Waals surface area contributed by atoms with Crippen LogP contribution in [0.3, 0.4) is 0 Å². The highest BCUT2D eigenvalue weighted by Crippen LogP contribution is 2.33.